The Kier molecular flexibility index (Phi) is 8.43. The maximum Gasteiger partial charge on any atom is 0.252 e. The van der Waals surface area contributed by atoms with Crippen molar-refractivity contribution in [3.63, 3.8) is 0 Å². The van der Waals surface area contributed by atoms with Crippen molar-refractivity contribution in [2.75, 3.05) is 12.4 Å². The smallest absolute Gasteiger partial charge is 0.252 e. The van der Waals surface area contributed by atoms with Crippen LogP contribution in [0.2, 0.25) is 5.02 Å². The van der Waals surface area contributed by atoms with Crippen LogP contribution in [0.3, 0.4) is 0 Å². The lowest BCUT2D eigenvalue weighted by molar-refractivity contribution is -0.131. The van der Waals surface area contributed by atoms with Gasteiger partial charge in [-0.2, -0.15) is 5.10 Å². The van der Waals surface area contributed by atoms with E-state index in [2.05, 4.69) is 15.8 Å². The molecule has 0 radical (unpaired) electrons. The number of carbonyl (C=O) groups is 2. The quantitative estimate of drug-likeness (QED) is 0.273. The summed E-state index contributed by atoms with van der Waals surface area (Å²) in [7, 11) is 1.56. The van der Waals surface area contributed by atoms with Crippen LogP contribution >= 0.6 is 11.6 Å². The second kappa shape index (κ2) is 11.7. The third kappa shape index (κ3) is 7.08. The van der Waals surface area contributed by atoms with Crippen LogP contribution in [0.1, 0.15) is 18.1 Å². The molecule has 0 fully saturated rings. The lowest BCUT2D eigenvalue weighted by Gasteiger charge is -2.11. The fourth-order valence-electron chi connectivity index (χ4n) is 2.74. The number of hydrogen-bond donors (Lipinski definition) is 2. The van der Waals surface area contributed by atoms with Crippen molar-refractivity contribution >= 4 is 35.3 Å². The van der Waals surface area contributed by atoms with E-state index in [-0.39, 0.29) is 0 Å². The molecule has 1 atom stereocenters. The van der Waals surface area contributed by atoms with Gasteiger partial charge in [0.2, 0.25) is 5.91 Å². The highest BCUT2D eigenvalue weighted by molar-refractivity contribution is 6.31. The molecule has 3 aromatic carbocycles. The van der Waals surface area contributed by atoms with E-state index in [1.807, 2.05) is 24.3 Å². The van der Waals surface area contributed by atoms with Crippen LogP contribution in [0.4, 0.5) is 5.69 Å². The predicted molar refractivity (Wildman–Crippen MR) is 129 cm³/mol. The number of hydrazone groups is 1. The van der Waals surface area contributed by atoms with Crippen LogP contribution in [0.5, 0.6) is 11.5 Å². The first-order valence-electron chi connectivity index (χ1n) is 10.2. The van der Waals surface area contributed by atoms with Gasteiger partial charge in [-0.3, -0.25) is 9.59 Å². The summed E-state index contributed by atoms with van der Waals surface area (Å²) in [5, 5.41) is 7.27. The minimum Gasteiger partial charge on any atom is -0.497 e. The fraction of sp³-hybridized carbons (Fsp3) is 0.160. The van der Waals surface area contributed by atoms with E-state index in [0.29, 0.717) is 28.8 Å². The number of amides is 2. The average Bonchev–Trinajstić information content (AvgIpc) is 2.84. The van der Waals surface area contributed by atoms with Crippen LogP contribution in [0, 0.1) is 5.92 Å². The van der Waals surface area contributed by atoms with Gasteiger partial charge in [0.1, 0.15) is 24.0 Å². The molecule has 1 unspecified atom stereocenters. The van der Waals surface area contributed by atoms with Crippen molar-refractivity contribution in [2.45, 2.75) is 13.5 Å². The molecule has 0 saturated carbocycles. The molecule has 8 heteroatoms. The Morgan fingerprint density at radius 1 is 0.970 bits per heavy atom. The molecule has 33 heavy (non-hydrogen) atoms. The van der Waals surface area contributed by atoms with E-state index < -0.39 is 17.7 Å². The van der Waals surface area contributed by atoms with E-state index in [1.54, 1.807) is 55.6 Å². The second-order valence-electron chi connectivity index (χ2n) is 7.12. The fourth-order valence-corrected chi connectivity index (χ4v) is 2.93. The molecule has 3 aromatic rings. The van der Waals surface area contributed by atoms with Crippen LogP contribution in [0.15, 0.2) is 77.9 Å². The molecule has 0 aromatic heterocycles. The largest absolute Gasteiger partial charge is 0.497 e. The number of carbonyl (C=O) groups excluding carboxylic acids is 2. The predicted octanol–water partition coefficient (Wildman–Crippen LogP) is 4.65. The summed E-state index contributed by atoms with van der Waals surface area (Å²) in [5.41, 5.74) is 4.62. The zero-order chi connectivity index (χ0) is 23.6. The minimum absolute atomic E-state index is 0.361. The molecule has 170 valence electrons. The van der Waals surface area contributed by atoms with E-state index in [0.717, 1.165) is 11.1 Å². The summed E-state index contributed by atoms with van der Waals surface area (Å²) in [6.45, 7) is 1.87. The van der Waals surface area contributed by atoms with E-state index in [9.17, 15) is 9.59 Å². The standard InChI is InChI=1S/C25H24ClN3O4/c1-17(24(30)28-20-9-13-21(32-2)14-10-20)25(31)29-27-15-18-7-11-22(12-8-18)33-16-19-5-3-4-6-23(19)26/h3-15,17H,16H2,1-2H3,(H,28,30)(H,29,31). The number of methoxy groups -OCH3 is 1. The molecule has 0 aliphatic rings. The van der Waals surface area contributed by atoms with Crippen LogP contribution < -0.4 is 20.2 Å². The molecular formula is C25H24ClN3O4. The second-order valence-corrected chi connectivity index (χ2v) is 7.53. The van der Waals surface area contributed by atoms with Crippen molar-refractivity contribution < 1.29 is 19.1 Å². The van der Waals surface area contributed by atoms with Gasteiger partial charge < -0.3 is 14.8 Å². The molecule has 0 aliphatic carbocycles. The van der Waals surface area contributed by atoms with Gasteiger partial charge in [0.25, 0.3) is 5.91 Å². The van der Waals surface area contributed by atoms with Crippen molar-refractivity contribution in [2.24, 2.45) is 11.0 Å². The molecule has 2 N–H and O–H groups in total. The number of hydrogen-bond acceptors (Lipinski definition) is 5. The van der Waals surface area contributed by atoms with E-state index in [4.69, 9.17) is 21.1 Å². The summed E-state index contributed by atoms with van der Waals surface area (Å²) < 4.78 is 10.8. The van der Waals surface area contributed by atoms with Crippen LogP contribution in [0.25, 0.3) is 0 Å². The Labute approximate surface area is 197 Å². The number of halogens is 1. The molecule has 0 bridgehead atoms. The van der Waals surface area contributed by atoms with Crippen molar-refractivity contribution in [1.29, 1.82) is 0 Å². The van der Waals surface area contributed by atoms with Crippen LogP contribution in [-0.2, 0) is 16.2 Å². The van der Waals surface area contributed by atoms with E-state index >= 15 is 0 Å². The summed E-state index contributed by atoms with van der Waals surface area (Å²) >= 11 is 6.13. The average molecular weight is 466 g/mol. The van der Waals surface area contributed by atoms with Crippen LogP contribution in [-0.4, -0.2) is 25.1 Å². The highest BCUT2D eigenvalue weighted by Gasteiger charge is 2.21. The summed E-state index contributed by atoms with van der Waals surface area (Å²) in [6, 6.07) is 21.5. The normalized spacial score (nSPS) is 11.6. The third-order valence-corrected chi connectivity index (χ3v) is 5.13. The van der Waals surface area contributed by atoms with Gasteiger partial charge in [-0.15, -0.1) is 0 Å². The van der Waals surface area contributed by atoms with Gasteiger partial charge >= 0.3 is 0 Å². The summed E-state index contributed by atoms with van der Waals surface area (Å²) in [4.78, 5) is 24.5. The zero-order valence-electron chi connectivity index (χ0n) is 18.2. The van der Waals surface area contributed by atoms with Gasteiger partial charge in [-0.1, -0.05) is 29.8 Å². The Balaban J connectivity index is 1.46. The number of ether oxygens (including phenoxy) is 2. The minimum atomic E-state index is -0.926. The van der Waals surface area contributed by atoms with Gasteiger partial charge in [0.15, 0.2) is 0 Å². The molecule has 0 aliphatic heterocycles. The highest BCUT2D eigenvalue weighted by atomic mass is 35.5. The molecule has 0 spiro atoms. The number of rotatable bonds is 9. The monoisotopic (exact) mass is 465 g/mol. The first-order chi connectivity index (χ1) is 16.0. The number of nitrogens with one attached hydrogen (secondary N) is 2. The van der Waals surface area contributed by atoms with Crippen molar-refractivity contribution in [3.8, 4) is 11.5 Å². The summed E-state index contributed by atoms with van der Waals surface area (Å²) in [6.07, 6.45) is 1.49. The SMILES string of the molecule is COc1ccc(NC(=O)C(C)C(=O)NN=Cc2ccc(OCc3ccccc3Cl)cc2)cc1. The highest BCUT2D eigenvalue weighted by Crippen LogP contribution is 2.19. The van der Waals surface area contributed by atoms with Gasteiger partial charge in [0.05, 0.1) is 13.3 Å². The molecule has 0 heterocycles. The van der Waals surface area contributed by atoms with Gasteiger partial charge in [-0.05, 0) is 67.1 Å². The first-order valence-corrected chi connectivity index (χ1v) is 10.6. The molecule has 2 amide bonds. The maximum atomic E-state index is 12.3. The Morgan fingerprint density at radius 2 is 1.64 bits per heavy atom. The topological polar surface area (TPSA) is 89.0 Å². The number of nitrogens with zero attached hydrogens (tertiary/aromatic N) is 1. The Morgan fingerprint density at radius 3 is 2.30 bits per heavy atom. The first kappa shape index (κ1) is 23.8. The van der Waals surface area contributed by atoms with Gasteiger partial charge in [-0.25, -0.2) is 5.43 Å². The van der Waals surface area contributed by atoms with Crippen molar-refractivity contribution in [1.82, 2.24) is 5.43 Å². The van der Waals surface area contributed by atoms with E-state index in [1.165, 1.54) is 13.1 Å². The maximum absolute atomic E-state index is 12.3. The van der Waals surface area contributed by atoms with Crippen molar-refractivity contribution in [3.05, 3.63) is 88.9 Å². The molecule has 0 saturated heterocycles. The molecule has 3 rings (SSSR count). The lowest BCUT2D eigenvalue weighted by Crippen LogP contribution is -2.34. The lowest BCUT2D eigenvalue weighted by atomic mass is 10.1. The molecule has 7 nitrogen and oxygen atoms in total. The number of anilines is 1. The summed E-state index contributed by atoms with van der Waals surface area (Å²) in [5.74, 6) is -0.525. The third-order valence-electron chi connectivity index (χ3n) is 4.76. The van der Waals surface area contributed by atoms with Gasteiger partial charge in [0, 0.05) is 16.3 Å². The zero-order valence-corrected chi connectivity index (χ0v) is 19.0. The number of benzene rings is 3. The Hall–Kier alpha value is -3.84. The molecular weight excluding hydrogens is 442 g/mol. The Bertz CT molecular complexity index is 1120.